The minimum Gasteiger partial charge on any atom is -0.506 e. The van der Waals surface area contributed by atoms with E-state index in [1.54, 1.807) is 21.4 Å². The first-order chi connectivity index (χ1) is 16.3. The number of rotatable bonds is 4. The van der Waals surface area contributed by atoms with Gasteiger partial charge in [0.25, 0.3) is 5.56 Å². The zero-order valence-electron chi connectivity index (χ0n) is 19.0. The van der Waals surface area contributed by atoms with Crippen LogP contribution in [0.25, 0.3) is 33.1 Å². The van der Waals surface area contributed by atoms with Crippen LogP contribution in [-0.4, -0.2) is 29.4 Å². The molecule has 0 radical (unpaired) electrons. The molecule has 0 spiro atoms. The SMILES string of the molecule is Cc1cccc2cc(Cn3nc(-c4ccc(Cl)c(O)c4)c4c(N)ncnc43)n(C(C)C)c(=O)c12. The van der Waals surface area contributed by atoms with Crippen LogP contribution in [0.2, 0.25) is 5.02 Å². The number of halogens is 1. The lowest BCUT2D eigenvalue weighted by Gasteiger charge is -2.18. The van der Waals surface area contributed by atoms with E-state index in [1.165, 1.54) is 12.4 Å². The lowest BCUT2D eigenvalue weighted by atomic mass is 10.1. The van der Waals surface area contributed by atoms with Crippen molar-refractivity contribution in [1.29, 1.82) is 0 Å². The third-order valence-electron chi connectivity index (χ3n) is 5.98. The van der Waals surface area contributed by atoms with Crippen molar-refractivity contribution in [2.75, 3.05) is 5.73 Å². The Labute approximate surface area is 200 Å². The number of hydrogen-bond acceptors (Lipinski definition) is 6. The summed E-state index contributed by atoms with van der Waals surface area (Å²) in [6.45, 7) is 6.21. The number of benzene rings is 2. The van der Waals surface area contributed by atoms with Gasteiger partial charge in [-0.3, -0.25) is 4.79 Å². The Morgan fingerprint density at radius 1 is 1.12 bits per heavy atom. The Morgan fingerprint density at radius 3 is 2.65 bits per heavy atom. The zero-order chi connectivity index (χ0) is 24.1. The maximum atomic E-state index is 13.5. The summed E-state index contributed by atoms with van der Waals surface area (Å²) in [6, 6.07) is 12.7. The molecule has 0 unspecified atom stereocenters. The number of aromatic nitrogens is 5. The first kappa shape index (κ1) is 21.9. The molecule has 34 heavy (non-hydrogen) atoms. The zero-order valence-corrected chi connectivity index (χ0v) is 19.7. The van der Waals surface area contributed by atoms with Crippen molar-refractivity contribution in [3.8, 4) is 17.0 Å². The van der Waals surface area contributed by atoms with E-state index >= 15 is 0 Å². The maximum absolute atomic E-state index is 13.5. The molecule has 0 amide bonds. The maximum Gasteiger partial charge on any atom is 0.259 e. The molecule has 3 aromatic heterocycles. The van der Waals surface area contributed by atoms with Crippen molar-refractivity contribution >= 4 is 39.2 Å². The smallest absolute Gasteiger partial charge is 0.259 e. The first-order valence-corrected chi connectivity index (χ1v) is 11.2. The van der Waals surface area contributed by atoms with Crippen molar-refractivity contribution in [1.82, 2.24) is 24.3 Å². The molecule has 0 aliphatic carbocycles. The van der Waals surface area contributed by atoms with Crippen LogP contribution in [0.1, 0.15) is 31.1 Å². The Morgan fingerprint density at radius 2 is 1.91 bits per heavy atom. The van der Waals surface area contributed by atoms with Crippen LogP contribution in [0.3, 0.4) is 0 Å². The molecule has 9 heteroatoms. The van der Waals surface area contributed by atoms with Crippen LogP contribution >= 0.6 is 11.6 Å². The van der Waals surface area contributed by atoms with Crippen molar-refractivity contribution in [3.05, 3.63) is 75.4 Å². The number of aromatic hydroxyl groups is 1. The first-order valence-electron chi connectivity index (χ1n) is 10.9. The Hall–Kier alpha value is -3.91. The number of fused-ring (bicyclic) bond motifs is 2. The third-order valence-corrected chi connectivity index (χ3v) is 6.30. The van der Waals surface area contributed by atoms with Gasteiger partial charge < -0.3 is 15.4 Å². The number of nitrogens with zero attached hydrogens (tertiary/aromatic N) is 5. The van der Waals surface area contributed by atoms with Crippen LogP contribution in [0.4, 0.5) is 5.82 Å². The largest absolute Gasteiger partial charge is 0.506 e. The second-order valence-corrected chi connectivity index (χ2v) is 8.98. The molecule has 8 nitrogen and oxygen atoms in total. The quantitative estimate of drug-likeness (QED) is 0.391. The van der Waals surface area contributed by atoms with Crippen molar-refractivity contribution < 1.29 is 5.11 Å². The number of phenolic OH excluding ortho intramolecular Hbond substituents is 1. The van der Waals surface area contributed by atoms with Gasteiger partial charge in [0.05, 0.1) is 22.3 Å². The van der Waals surface area contributed by atoms with E-state index in [1.807, 2.05) is 45.0 Å². The highest BCUT2D eigenvalue weighted by Crippen LogP contribution is 2.34. The molecule has 3 heterocycles. The highest BCUT2D eigenvalue weighted by Gasteiger charge is 2.20. The lowest BCUT2D eigenvalue weighted by molar-refractivity contribution is 0.476. The number of pyridine rings is 1. The standard InChI is InChI=1S/C25H23ClN6O2/c1-13(2)32-17(9-15-6-4-5-14(3)20(15)25(32)34)11-31-24-21(23(27)28-12-29-24)22(30-31)16-7-8-18(26)19(33)10-16/h4-10,12-13,33H,11H2,1-3H3,(H2,27,28,29). The van der Waals surface area contributed by atoms with E-state index < -0.39 is 0 Å². The van der Waals surface area contributed by atoms with E-state index in [0.717, 1.165) is 16.6 Å². The Kier molecular flexibility index (Phi) is 5.25. The van der Waals surface area contributed by atoms with Crippen molar-refractivity contribution in [2.24, 2.45) is 0 Å². The summed E-state index contributed by atoms with van der Waals surface area (Å²) in [7, 11) is 0. The summed E-state index contributed by atoms with van der Waals surface area (Å²) in [5.41, 5.74) is 9.60. The van der Waals surface area contributed by atoms with Crippen LogP contribution in [0.5, 0.6) is 5.75 Å². The number of anilines is 1. The van der Waals surface area contributed by atoms with Crippen molar-refractivity contribution in [3.63, 3.8) is 0 Å². The fourth-order valence-corrected chi connectivity index (χ4v) is 4.56. The number of nitrogens with two attached hydrogens (primary N) is 1. The molecule has 0 aliphatic rings. The fourth-order valence-electron chi connectivity index (χ4n) is 4.45. The molecule has 0 fully saturated rings. The molecule has 0 atom stereocenters. The molecular formula is C25H23ClN6O2. The molecule has 0 saturated carbocycles. The summed E-state index contributed by atoms with van der Waals surface area (Å²) < 4.78 is 3.50. The van der Waals surface area contributed by atoms with Gasteiger partial charge in [-0.25, -0.2) is 14.6 Å². The second-order valence-electron chi connectivity index (χ2n) is 8.57. The molecule has 172 valence electrons. The number of nitrogen functional groups attached to an aromatic ring is 1. The molecular weight excluding hydrogens is 452 g/mol. The van der Waals surface area contributed by atoms with Gasteiger partial charge in [-0.15, -0.1) is 0 Å². The predicted octanol–water partition coefficient (Wildman–Crippen LogP) is 4.69. The van der Waals surface area contributed by atoms with Gasteiger partial charge in [0.1, 0.15) is 23.6 Å². The second kappa shape index (κ2) is 8.14. The average molecular weight is 475 g/mol. The van der Waals surface area contributed by atoms with E-state index in [-0.39, 0.29) is 28.2 Å². The normalized spacial score (nSPS) is 11.7. The Bertz CT molecular complexity index is 1640. The summed E-state index contributed by atoms with van der Waals surface area (Å²) in [5.74, 6) is 0.215. The Balaban J connectivity index is 1.74. The number of phenols is 1. The summed E-state index contributed by atoms with van der Waals surface area (Å²) >= 11 is 5.99. The summed E-state index contributed by atoms with van der Waals surface area (Å²) in [4.78, 5) is 22.0. The van der Waals surface area contributed by atoms with Gasteiger partial charge >= 0.3 is 0 Å². The van der Waals surface area contributed by atoms with Gasteiger partial charge in [-0.1, -0.05) is 35.9 Å². The van der Waals surface area contributed by atoms with Crippen LogP contribution < -0.4 is 11.3 Å². The van der Waals surface area contributed by atoms with E-state index in [0.29, 0.717) is 34.2 Å². The topological polar surface area (TPSA) is 112 Å². The molecule has 3 N–H and O–H groups in total. The van der Waals surface area contributed by atoms with Crippen LogP contribution in [-0.2, 0) is 6.54 Å². The van der Waals surface area contributed by atoms with E-state index in [9.17, 15) is 9.90 Å². The molecule has 0 saturated heterocycles. The van der Waals surface area contributed by atoms with Gasteiger partial charge in [-0.05, 0) is 49.9 Å². The minimum absolute atomic E-state index is 0.0333. The highest BCUT2D eigenvalue weighted by molar-refractivity contribution is 6.32. The van der Waals surface area contributed by atoms with Gasteiger partial charge in [0.15, 0.2) is 5.65 Å². The monoisotopic (exact) mass is 474 g/mol. The minimum atomic E-state index is -0.0594. The van der Waals surface area contributed by atoms with Crippen LogP contribution in [0, 0.1) is 6.92 Å². The third kappa shape index (κ3) is 3.47. The lowest BCUT2D eigenvalue weighted by Crippen LogP contribution is -2.27. The number of hydrogen-bond donors (Lipinski definition) is 2. The summed E-state index contributed by atoms with van der Waals surface area (Å²) in [6.07, 6.45) is 1.39. The van der Waals surface area contributed by atoms with Gasteiger partial charge in [0, 0.05) is 17.3 Å². The molecule has 0 bridgehead atoms. The molecule has 5 rings (SSSR count). The summed E-state index contributed by atoms with van der Waals surface area (Å²) in [5, 5.41) is 17.3. The van der Waals surface area contributed by atoms with Crippen LogP contribution in [0.15, 0.2) is 53.6 Å². The highest BCUT2D eigenvalue weighted by atomic mass is 35.5. The molecule has 0 aliphatic heterocycles. The van der Waals surface area contributed by atoms with Crippen molar-refractivity contribution in [2.45, 2.75) is 33.4 Å². The molecule has 2 aromatic carbocycles. The predicted molar refractivity (Wildman–Crippen MR) is 134 cm³/mol. The average Bonchev–Trinajstić information content (AvgIpc) is 3.15. The van der Waals surface area contributed by atoms with Gasteiger partial charge in [-0.2, -0.15) is 5.10 Å². The molecule has 5 aromatic rings. The van der Waals surface area contributed by atoms with E-state index in [4.69, 9.17) is 22.4 Å². The van der Waals surface area contributed by atoms with E-state index in [2.05, 4.69) is 9.97 Å². The number of aryl methyl sites for hydroxylation is 1. The fraction of sp³-hybridized carbons (Fsp3) is 0.200. The van der Waals surface area contributed by atoms with Gasteiger partial charge in [0.2, 0.25) is 0 Å².